The third kappa shape index (κ3) is 3.46. The second-order valence-electron chi connectivity index (χ2n) is 4.73. The van der Waals surface area contributed by atoms with E-state index in [2.05, 4.69) is 15.7 Å². The van der Waals surface area contributed by atoms with Gasteiger partial charge >= 0.3 is 5.97 Å². The molecule has 1 fully saturated rings. The summed E-state index contributed by atoms with van der Waals surface area (Å²) in [7, 11) is 1.71. The van der Waals surface area contributed by atoms with Gasteiger partial charge in [-0.1, -0.05) is 0 Å². The zero-order valence-corrected chi connectivity index (χ0v) is 12.0. The van der Waals surface area contributed by atoms with E-state index in [4.69, 9.17) is 4.74 Å². The first-order valence-electron chi connectivity index (χ1n) is 6.78. The van der Waals surface area contributed by atoms with Crippen LogP contribution >= 0.6 is 0 Å². The van der Waals surface area contributed by atoms with Gasteiger partial charge in [-0.15, -0.1) is 0 Å². The Balaban J connectivity index is 2.03. The average molecular weight is 294 g/mol. The minimum Gasteiger partial charge on any atom is -0.462 e. The number of aromatic nitrogens is 2. The fourth-order valence-electron chi connectivity index (χ4n) is 2.16. The fourth-order valence-corrected chi connectivity index (χ4v) is 2.16. The van der Waals surface area contributed by atoms with Crippen molar-refractivity contribution in [1.29, 1.82) is 0 Å². The SMILES string of the molecule is CCOC(=O)c1cnn(C)c1CNC1CCC(=O)NC1=O. The van der Waals surface area contributed by atoms with E-state index in [9.17, 15) is 14.4 Å². The second kappa shape index (κ2) is 6.49. The fraction of sp³-hybridized carbons (Fsp3) is 0.538. The van der Waals surface area contributed by atoms with Gasteiger partial charge in [0.1, 0.15) is 5.56 Å². The van der Waals surface area contributed by atoms with E-state index < -0.39 is 12.0 Å². The Kier molecular flexibility index (Phi) is 4.69. The molecule has 21 heavy (non-hydrogen) atoms. The van der Waals surface area contributed by atoms with Crippen LogP contribution in [0, 0.1) is 0 Å². The minimum absolute atomic E-state index is 0.259. The van der Waals surface area contributed by atoms with Gasteiger partial charge in [-0.2, -0.15) is 5.10 Å². The monoisotopic (exact) mass is 294 g/mol. The molecule has 1 atom stereocenters. The number of hydrogen-bond acceptors (Lipinski definition) is 6. The highest BCUT2D eigenvalue weighted by atomic mass is 16.5. The molecule has 1 aliphatic heterocycles. The van der Waals surface area contributed by atoms with Crippen LogP contribution in [0.25, 0.3) is 0 Å². The van der Waals surface area contributed by atoms with Crippen molar-refractivity contribution in [3.8, 4) is 0 Å². The quantitative estimate of drug-likeness (QED) is 0.560. The standard InChI is InChI=1S/C13H18N4O4/c1-3-21-13(20)8-6-15-17(2)10(8)7-14-9-4-5-11(18)16-12(9)19/h6,9,14H,3-5,7H2,1-2H3,(H,16,18,19). The van der Waals surface area contributed by atoms with Crippen LogP contribution in [0.3, 0.4) is 0 Å². The van der Waals surface area contributed by atoms with E-state index in [1.807, 2.05) is 0 Å². The number of imide groups is 1. The van der Waals surface area contributed by atoms with Gasteiger partial charge in [-0.25, -0.2) is 4.79 Å². The lowest BCUT2D eigenvalue weighted by atomic mass is 10.1. The number of aryl methyl sites for hydroxylation is 1. The molecule has 1 aliphatic rings. The van der Waals surface area contributed by atoms with Gasteiger partial charge in [0, 0.05) is 20.0 Å². The van der Waals surface area contributed by atoms with Crippen molar-refractivity contribution in [2.24, 2.45) is 7.05 Å². The number of carbonyl (C=O) groups excluding carboxylic acids is 3. The summed E-state index contributed by atoms with van der Waals surface area (Å²) in [5.41, 5.74) is 1.01. The van der Waals surface area contributed by atoms with E-state index in [1.165, 1.54) is 6.20 Å². The Morgan fingerprint density at radius 1 is 1.57 bits per heavy atom. The summed E-state index contributed by atoms with van der Waals surface area (Å²) in [4.78, 5) is 34.6. The molecule has 1 unspecified atom stereocenters. The molecule has 0 aliphatic carbocycles. The van der Waals surface area contributed by atoms with Crippen molar-refractivity contribution in [3.63, 3.8) is 0 Å². The molecule has 1 aromatic rings. The molecule has 2 rings (SSSR count). The molecule has 1 saturated heterocycles. The van der Waals surface area contributed by atoms with Crippen molar-refractivity contribution in [2.45, 2.75) is 32.4 Å². The summed E-state index contributed by atoms with van der Waals surface area (Å²) in [6.45, 7) is 2.31. The third-order valence-electron chi connectivity index (χ3n) is 3.31. The first kappa shape index (κ1) is 15.2. The first-order chi connectivity index (χ1) is 10.0. The summed E-state index contributed by atoms with van der Waals surface area (Å²) in [5, 5.41) is 9.35. The van der Waals surface area contributed by atoms with Gasteiger partial charge in [0.05, 0.1) is 24.5 Å². The molecule has 8 heteroatoms. The van der Waals surface area contributed by atoms with Crippen molar-refractivity contribution >= 4 is 17.8 Å². The number of piperidine rings is 1. The number of amides is 2. The van der Waals surface area contributed by atoms with Crippen molar-refractivity contribution in [2.75, 3.05) is 6.61 Å². The number of rotatable bonds is 5. The maximum Gasteiger partial charge on any atom is 0.341 e. The maximum atomic E-state index is 11.8. The zero-order chi connectivity index (χ0) is 15.4. The Hall–Kier alpha value is -2.22. The van der Waals surface area contributed by atoms with Gasteiger partial charge in [0.2, 0.25) is 11.8 Å². The lowest BCUT2D eigenvalue weighted by Gasteiger charge is -2.22. The van der Waals surface area contributed by atoms with Gasteiger partial charge in [-0.3, -0.25) is 19.6 Å². The molecule has 0 saturated carbocycles. The number of carbonyl (C=O) groups is 3. The molecule has 1 aromatic heterocycles. The average Bonchev–Trinajstić information content (AvgIpc) is 2.79. The Morgan fingerprint density at radius 3 is 3.00 bits per heavy atom. The van der Waals surface area contributed by atoms with E-state index in [0.717, 1.165) is 0 Å². The number of nitrogens with one attached hydrogen (secondary N) is 2. The Labute approximate surface area is 121 Å². The van der Waals surface area contributed by atoms with Crippen LogP contribution in [0.15, 0.2) is 6.20 Å². The lowest BCUT2D eigenvalue weighted by Crippen LogP contribution is -2.50. The molecule has 0 aromatic carbocycles. The third-order valence-corrected chi connectivity index (χ3v) is 3.31. The van der Waals surface area contributed by atoms with Gasteiger partial charge in [-0.05, 0) is 13.3 Å². The van der Waals surface area contributed by atoms with E-state index in [1.54, 1.807) is 18.7 Å². The normalized spacial score (nSPS) is 18.5. The predicted octanol–water partition coefficient (Wildman–Crippen LogP) is -0.508. The van der Waals surface area contributed by atoms with Crippen molar-refractivity contribution in [1.82, 2.24) is 20.4 Å². The number of esters is 1. The van der Waals surface area contributed by atoms with Crippen LogP contribution in [0.4, 0.5) is 0 Å². The Bertz CT molecular complexity index is 567. The largest absolute Gasteiger partial charge is 0.462 e. The number of nitrogens with zero attached hydrogens (tertiary/aromatic N) is 2. The first-order valence-corrected chi connectivity index (χ1v) is 6.78. The van der Waals surface area contributed by atoms with Crippen LogP contribution in [0.2, 0.25) is 0 Å². The van der Waals surface area contributed by atoms with Crippen LogP contribution < -0.4 is 10.6 Å². The topological polar surface area (TPSA) is 102 Å². The van der Waals surface area contributed by atoms with Crippen molar-refractivity contribution < 1.29 is 19.1 Å². The highest BCUT2D eigenvalue weighted by Crippen LogP contribution is 2.11. The molecule has 114 valence electrons. The van der Waals surface area contributed by atoms with Crippen LogP contribution in [0.5, 0.6) is 0 Å². The molecule has 0 bridgehead atoms. The predicted molar refractivity (Wildman–Crippen MR) is 72.2 cm³/mol. The lowest BCUT2D eigenvalue weighted by molar-refractivity contribution is -0.134. The van der Waals surface area contributed by atoms with Crippen molar-refractivity contribution in [3.05, 3.63) is 17.5 Å². The van der Waals surface area contributed by atoms with E-state index >= 15 is 0 Å². The smallest absolute Gasteiger partial charge is 0.341 e. The molecule has 2 heterocycles. The zero-order valence-electron chi connectivity index (χ0n) is 12.0. The van der Waals surface area contributed by atoms with Gasteiger partial charge < -0.3 is 10.1 Å². The number of ether oxygens (including phenoxy) is 1. The summed E-state index contributed by atoms with van der Waals surface area (Å²) in [6.07, 6.45) is 2.19. The summed E-state index contributed by atoms with van der Waals surface area (Å²) < 4.78 is 6.53. The molecule has 0 spiro atoms. The van der Waals surface area contributed by atoms with Crippen LogP contribution in [-0.2, 0) is 27.9 Å². The van der Waals surface area contributed by atoms with E-state index in [-0.39, 0.29) is 25.0 Å². The van der Waals surface area contributed by atoms with Gasteiger partial charge in [0.15, 0.2) is 0 Å². The Morgan fingerprint density at radius 2 is 2.33 bits per heavy atom. The highest BCUT2D eigenvalue weighted by molar-refractivity contribution is 6.00. The minimum atomic E-state index is -0.451. The second-order valence-corrected chi connectivity index (χ2v) is 4.73. The summed E-state index contributed by atoms with van der Waals surface area (Å²) in [6, 6.07) is -0.451. The van der Waals surface area contributed by atoms with E-state index in [0.29, 0.717) is 24.1 Å². The number of hydrogen-bond donors (Lipinski definition) is 2. The molecule has 2 amide bonds. The molecular weight excluding hydrogens is 276 g/mol. The molecule has 2 N–H and O–H groups in total. The van der Waals surface area contributed by atoms with Crippen LogP contribution in [-0.4, -0.2) is 40.2 Å². The van der Waals surface area contributed by atoms with Gasteiger partial charge in [0.25, 0.3) is 0 Å². The highest BCUT2D eigenvalue weighted by Gasteiger charge is 2.27. The van der Waals surface area contributed by atoms with Crippen LogP contribution in [0.1, 0.15) is 35.8 Å². The summed E-state index contributed by atoms with van der Waals surface area (Å²) >= 11 is 0. The molecular formula is C13H18N4O4. The summed E-state index contributed by atoms with van der Waals surface area (Å²) in [5.74, 6) is -1.04. The maximum absolute atomic E-state index is 11.8. The molecule has 0 radical (unpaired) electrons. The molecule has 8 nitrogen and oxygen atoms in total.